The van der Waals surface area contributed by atoms with Crippen molar-refractivity contribution in [3.63, 3.8) is 0 Å². The molecule has 2 amide bonds. The van der Waals surface area contributed by atoms with Crippen molar-refractivity contribution >= 4 is 33.5 Å². The molecular formula is C12H16N4OS. The van der Waals surface area contributed by atoms with Crippen LogP contribution in [0.15, 0.2) is 24.3 Å². The first-order valence-electron chi connectivity index (χ1n) is 5.72. The van der Waals surface area contributed by atoms with Crippen LogP contribution in [0, 0.1) is 0 Å². The number of hydrogen-bond donors (Lipinski definition) is 2. The van der Waals surface area contributed by atoms with Crippen LogP contribution in [0.4, 0.5) is 9.80 Å². The number of hydrogen-bond acceptors (Lipinski definition) is 4. The highest BCUT2D eigenvalue weighted by molar-refractivity contribution is 7.11. The molecule has 0 bridgehead atoms. The minimum atomic E-state index is -0.0778. The van der Waals surface area contributed by atoms with E-state index in [1.54, 1.807) is 14.1 Å². The third kappa shape index (κ3) is 2.89. The van der Waals surface area contributed by atoms with Gasteiger partial charge in [0.25, 0.3) is 0 Å². The summed E-state index contributed by atoms with van der Waals surface area (Å²) in [7, 11) is 3.44. The van der Waals surface area contributed by atoms with Gasteiger partial charge >= 0.3 is 6.03 Å². The lowest BCUT2D eigenvalue weighted by Crippen LogP contribution is -2.37. The topological polar surface area (TPSA) is 57.3 Å². The average Bonchev–Trinajstić information content (AvgIpc) is 2.77. The minimum Gasteiger partial charge on any atom is -0.373 e. The Hall–Kier alpha value is -1.82. The molecule has 0 fully saturated rings. The van der Waals surface area contributed by atoms with Crippen LogP contribution in [0.2, 0.25) is 0 Å². The van der Waals surface area contributed by atoms with Crippen LogP contribution in [-0.2, 0) is 0 Å². The van der Waals surface area contributed by atoms with E-state index in [0.717, 1.165) is 15.9 Å². The van der Waals surface area contributed by atoms with E-state index in [4.69, 9.17) is 0 Å². The molecule has 0 aliphatic carbocycles. The van der Waals surface area contributed by atoms with E-state index in [1.807, 2.05) is 24.3 Å². The molecule has 0 aliphatic rings. The van der Waals surface area contributed by atoms with Gasteiger partial charge in [-0.15, -0.1) is 0 Å². The molecule has 0 aliphatic heterocycles. The largest absolute Gasteiger partial charge is 0.373 e. The molecule has 0 radical (unpaired) electrons. The van der Waals surface area contributed by atoms with Crippen LogP contribution in [0.5, 0.6) is 0 Å². The van der Waals surface area contributed by atoms with Gasteiger partial charge in [-0.05, 0) is 23.7 Å². The van der Waals surface area contributed by atoms with E-state index >= 15 is 0 Å². The van der Waals surface area contributed by atoms with Crippen LogP contribution in [0.3, 0.4) is 0 Å². The van der Waals surface area contributed by atoms with Gasteiger partial charge < -0.3 is 15.5 Å². The molecule has 1 heterocycles. The number of nitrogens with zero attached hydrogens (tertiary/aromatic N) is 2. The highest BCUT2D eigenvalue weighted by atomic mass is 32.1. The predicted molar refractivity (Wildman–Crippen MR) is 75.2 cm³/mol. The summed E-state index contributed by atoms with van der Waals surface area (Å²) >= 11 is 1.44. The van der Waals surface area contributed by atoms with Gasteiger partial charge in [0.2, 0.25) is 0 Å². The number of aromatic nitrogens is 1. The Kier molecular flexibility index (Phi) is 3.99. The fourth-order valence-electron chi connectivity index (χ4n) is 1.52. The van der Waals surface area contributed by atoms with Crippen molar-refractivity contribution in [2.45, 2.75) is 0 Å². The summed E-state index contributed by atoms with van der Waals surface area (Å²) in [6.45, 7) is 1.27. The average molecular weight is 264 g/mol. The van der Waals surface area contributed by atoms with Crippen molar-refractivity contribution < 1.29 is 4.79 Å². The van der Waals surface area contributed by atoms with Gasteiger partial charge in [-0.2, -0.15) is 4.37 Å². The maximum absolute atomic E-state index is 11.3. The fraction of sp³-hybridized carbons (Fsp3) is 0.333. The smallest absolute Gasteiger partial charge is 0.316 e. The number of fused-ring (bicyclic) bond motifs is 1. The van der Waals surface area contributed by atoms with E-state index in [-0.39, 0.29) is 6.03 Å². The van der Waals surface area contributed by atoms with E-state index in [9.17, 15) is 4.79 Å². The molecule has 96 valence electrons. The van der Waals surface area contributed by atoms with Crippen molar-refractivity contribution in [1.29, 1.82) is 0 Å². The predicted octanol–water partition coefficient (Wildman–Crippen LogP) is 1.98. The van der Waals surface area contributed by atoms with Gasteiger partial charge in [-0.25, -0.2) is 4.79 Å². The van der Waals surface area contributed by atoms with Crippen LogP contribution in [-0.4, -0.2) is 42.5 Å². The zero-order valence-electron chi connectivity index (χ0n) is 10.4. The Bertz CT molecular complexity index is 538. The summed E-state index contributed by atoms with van der Waals surface area (Å²) in [6.07, 6.45) is 0. The normalized spacial score (nSPS) is 10.3. The molecule has 0 atom stereocenters. The van der Waals surface area contributed by atoms with Crippen LogP contribution in [0.25, 0.3) is 10.9 Å². The van der Waals surface area contributed by atoms with Gasteiger partial charge in [0.05, 0.1) is 5.52 Å². The number of carbonyl (C=O) groups is 1. The number of anilines is 1. The molecule has 2 N–H and O–H groups in total. The third-order valence-electron chi connectivity index (χ3n) is 2.48. The van der Waals surface area contributed by atoms with Gasteiger partial charge in [0.15, 0.2) is 0 Å². The molecule has 0 spiro atoms. The summed E-state index contributed by atoms with van der Waals surface area (Å²) in [6, 6.07) is 7.93. The lowest BCUT2D eigenvalue weighted by molar-refractivity contribution is 0.218. The van der Waals surface area contributed by atoms with Gasteiger partial charge in [0.1, 0.15) is 5.00 Å². The number of benzene rings is 1. The van der Waals surface area contributed by atoms with Gasteiger partial charge in [-0.3, -0.25) is 0 Å². The second-order valence-electron chi connectivity index (χ2n) is 4.08. The standard InChI is InChI=1S/C12H16N4OS/c1-16(2)12(17)14-8-7-13-11-9-5-3-4-6-10(9)15-18-11/h3-6,13H,7-8H2,1-2H3,(H,14,17). The molecule has 18 heavy (non-hydrogen) atoms. The molecule has 2 rings (SSSR count). The SMILES string of the molecule is CN(C)C(=O)NCCNc1snc2ccccc12. The van der Waals surface area contributed by atoms with Crippen molar-refractivity contribution in [2.24, 2.45) is 0 Å². The Morgan fingerprint density at radius 3 is 2.89 bits per heavy atom. The number of urea groups is 1. The van der Waals surface area contributed by atoms with Crippen LogP contribution in [0.1, 0.15) is 0 Å². The molecule has 5 nitrogen and oxygen atoms in total. The van der Waals surface area contributed by atoms with Gasteiger partial charge in [-0.1, -0.05) is 12.1 Å². The molecule has 6 heteroatoms. The van der Waals surface area contributed by atoms with Crippen molar-refractivity contribution in [2.75, 3.05) is 32.5 Å². The van der Waals surface area contributed by atoms with Gasteiger partial charge in [0, 0.05) is 32.6 Å². The summed E-state index contributed by atoms with van der Waals surface area (Å²) in [5, 5.41) is 8.26. The Balaban J connectivity index is 1.85. The Morgan fingerprint density at radius 2 is 2.11 bits per heavy atom. The van der Waals surface area contributed by atoms with Crippen molar-refractivity contribution in [1.82, 2.24) is 14.6 Å². The number of rotatable bonds is 4. The lowest BCUT2D eigenvalue weighted by atomic mass is 10.2. The summed E-state index contributed by atoms with van der Waals surface area (Å²) < 4.78 is 4.34. The quantitative estimate of drug-likeness (QED) is 0.830. The first-order valence-corrected chi connectivity index (χ1v) is 6.49. The molecule has 1 aromatic heterocycles. The molecule has 2 aromatic rings. The highest BCUT2D eigenvalue weighted by Gasteiger charge is 2.05. The molecular weight excluding hydrogens is 248 g/mol. The molecule has 0 saturated carbocycles. The van der Waals surface area contributed by atoms with E-state index in [2.05, 4.69) is 15.0 Å². The fourth-order valence-corrected chi connectivity index (χ4v) is 2.31. The summed E-state index contributed by atoms with van der Waals surface area (Å²) in [5.41, 5.74) is 1.00. The Morgan fingerprint density at radius 1 is 1.33 bits per heavy atom. The maximum atomic E-state index is 11.3. The second kappa shape index (κ2) is 5.68. The Labute approximate surface area is 110 Å². The minimum absolute atomic E-state index is 0.0778. The number of nitrogens with one attached hydrogen (secondary N) is 2. The van der Waals surface area contributed by atoms with E-state index in [0.29, 0.717) is 13.1 Å². The zero-order valence-corrected chi connectivity index (χ0v) is 11.3. The van der Waals surface area contributed by atoms with Crippen LogP contribution < -0.4 is 10.6 Å². The molecule has 0 saturated heterocycles. The van der Waals surface area contributed by atoms with Crippen molar-refractivity contribution in [3.8, 4) is 0 Å². The van der Waals surface area contributed by atoms with E-state index in [1.165, 1.54) is 16.4 Å². The molecule has 1 aromatic carbocycles. The maximum Gasteiger partial charge on any atom is 0.316 e. The molecule has 0 unspecified atom stereocenters. The van der Waals surface area contributed by atoms with Crippen LogP contribution >= 0.6 is 11.5 Å². The highest BCUT2D eigenvalue weighted by Crippen LogP contribution is 2.26. The summed E-state index contributed by atoms with van der Waals surface area (Å²) in [5.74, 6) is 0. The monoisotopic (exact) mass is 264 g/mol. The lowest BCUT2D eigenvalue weighted by Gasteiger charge is -2.12. The van der Waals surface area contributed by atoms with Crippen molar-refractivity contribution in [3.05, 3.63) is 24.3 Å². The zero-order chi connectivity index (χ0) is 13.0. The second-order valence-corrected chi connectivity index (χ2v) is 4.86. The first kappa shape index (κ1) is 12.6. The number of carbonyl (C=O) groups excluding carboxylic acids is 1. The van der Waals surface area contributed by atoms with E-state index < -0.39 is 0 Å². The number of amides is 2. The summed E-state index contributed by atoms with van der Waals surface area (Å²) in [4.78, 5) is 12.8. The first-order chi connectivity index (χ1) is 8.68. The third-order valence-corrected chi connectivity index (χ3v) is 3.31.